The molecule has 0 bridgehead atoms. The molecule has 0 aromatic heterocycles. The van der Waals surface area contributed by atoms with Crippen molar-refractivity contribution in [2.75, 3.05) is 0 Å². The maximum Gasteiger partial charge on any atom is 0.152 e. The van der Waals surface area contributed by atoms with Gasteiger partial charge in [0, 0.05) is 42.1 Å². The number of hydrogen-bond donors (Lipinski definition) is 4. The first-order valence-corrected chi connectivity index (χ1v) is 2.67. The van der Waals surface area contributed by atoms with Crippen molar-refractivity contribution < 1.29 is 51.2 Å². The Balaban J connectivity index is -0.0000000233. The summed E-state index contributed by atoms with van der Waals surface area (Å²) in [6.45, 7) is 0. The minimum atomic E-state index is -0.250. The van der Waals surface area contributed by atoms with Crippen LogP contribution in [0.1, 0.15) is 0 Å². The van der Waals surface area contributed by atoms with Crippen molar-refractivity contribution in [1.29, 1.82) is 0 Å². The van der Waals surface area contributed by atoms with Gasteiger partial charge in [-0.05, 0) is 0 Å². The molecule has 4 N–H and O–H groups in total. The molecule has 0 aliphatic heterocycles. The zero-order valence-electron chi connectivity index (χ0n) is 4.05. The average Bonchev–Trinajstić information content (AvgIpc) is 1.33. The molecule has 56 valence electrons. The SMILES string of the molecule is NC(=S)S.OSO.[Mo].[Mo]. The van der Waals surface area contributed by atoms with Gasteiger partial charge in [-0.2, -0.15) is 0 Å². The van der Waals surface area contributed by atoms with Gasteiger partial charge in [-0.1, -0.05) is 12.2 Å². The van der Waals surface area contributed by atoms with Crippen LogP contribution >= 0.6 is 37.2 Å². The van der Waals surface area contributed by atoms with E-state index >= 15 is 0 Å². The summed E-state index contributed by atoms with van der Waals surface area (Å²) in [5.41, 5.74) is 4.71. The zero-order chi connectivity index (χ0) is 6.28. The Bertz CT molecular complexity index is 51.1. The maximum absolute atomic E-state index is 7.04. The zero-order valence-corrected chi connectivity index (χ0v) is 10.6. The van der Waals surface area contributed by atoms with Crippen molar-refractivity contribution in [3.63, 3.8) is 0 Å². The predicted octanol–water partition coefficient (Wildman–Crippen LogP) is 0.820. The van der Waals surface area contributed by atoms with Gasteiger partial charge in [0.25, 0.3) is 0 Å². The molecule has 0 unspecified atom stereocenters. The summed E-state index contributed by atoms with van der Waals surface area (Å²) in [7, 11) is 0. The van der Waals surface area contributed by atoms with E-state index in [2.05, 4.69) is 24.8 Å². The summed E-state index contributed by atoms with van der Waals surface area (Å²) in [5.74, 6) is 0. The molecule has 0 aromatic rings. The van der Waals surface area contributed by atoms with E-state index in [9.17, 15) is 0 Å². The monoisotopic (exact) mass is 355 g/mol. The third-order valence-corrected chi connectivity index (χ3v) is 0. The first kappa shape index (κ1) is 22.4. The van der Waals surface area contributed by atoms with E-state index < -0.39 is 0 Å². The van der Waals surface area contributed by atoms with Crippen LogP contribution in [0.15, 0.2) is 0 Å². The first-order valence-electron chi connectivity index (χ1n) is 1.08. The molecule has 0 rings (SSSR count). The van der Waals surface area contributed by atoms with Crippen LogP contribution in [0, 0.1) is 0 Å². The first-order chi connectivity index (χ1) is 3.15. The molecule has 0 aliphatic carbocycles. The summed E-state index contributed by atoms with van der Waals surface area (Å²) >= 11 is 7.40. The molecule has 9 heavy (non-hydrogen) atoms. The molecule has 0 aliphatic rings. The topological polar surface area (TPSA) is 66.5 Å². The number of rotatable bonds is 0. The second-order valence-corrected chi connectivity index (χ2v) is 1.81. The summed E-state index contributed by atoms with van der Waals surface area (Å²) in [6, 6.07) is 0. The Hall–Kier alpha value is 1.89. The van der Waals surface area contributed by atoms with Crippen molar-refractivity contribution in [1.82, 2.24) is 0 Å². The molecule has 0 atom stereocenters. The van der Waals surface area contributed by atoms with Gasteiger partial charge in [0.05, 0.1) is 0 Å². The molecule has 0 aromatic carbocycles. The number of nitrogens with two attached hydrogens (primary N) is 1. The van der Waals surface area contributed by atoms with Gasteiger partial charge in [0.15, 0.2) is 12.3 Å². The number of hydrogen-bond acceptors (Lipinski definition) is 4. The van der Waals surface area contributed by atoms with E-state index in [-0.39, 0.29) is 58.8 Å². The normalized spacial score (nSPS) is 4.78. The molecule has 0 fully saturated rings. The fourth-order valence-electron chi connectivity index (χ4n) is 0. The summed E-state index contributed by atoms with van der Waals surface area (Å²) < 4.78 is 14.3. The van der Waals surface area contributed by atoms with Gasteiger partial charge >= 0.3 is 0 Å². The second-order valence-electron chi connectivity index (χ2n) is 0.420. The molecule has 3 nitrogen and oxygen atoms in total. The Morgan fingerprint density at radius 2 is 1.44 bits per heavy atom. The standard InChI is InChI=1S/CH3NS2.2Mo.H2O2S/c2-1(3)4;;;1-3-2/h(H3,2,3,4);;;1-2H. The van der Waals surface area contributed by atoms with Crippen LogP contribution in [0.4, 0.5) is 0 Å². The molecule has 0 saturated carbocycles. The van der Waals surface area contributed by atoms with Crippen LogP contribution in [0.2, 0.25) is 0 Å². The molecule has 0 saturated heterocycles. The molecule has 0 heterocycles. The Labute approximate surface area is 97.5 Å². The van der Waals surface area contributed by atoms with Gasteiger partial charge < -0.3 is 14.8 Å². The molecular formula is CH5Mo2NO2S3. The quantitative estimate of drug-likeness (QED) is 0.225. The summed E-state index contributed by atoms with van der Waals surface area (Å²) in [6.07, 6.45) is 0. The molecular weight excluding hydrogens is 346 g/mol. The minimum Gasteiger partial charge on any atom is -0.385 e. The van der Waals surface area contributed by atoms with Crippen molar-refractivity contribution in [2.24, 2.45) is 5.73 Å². The van der Waals surface area contributed by atoms with Gasteiger partial charge in [-0.15, -0.1) is 12.6 Å². The molecule has 0 spiro atoms. The molecule has 0 amide bonds. The van der Waals surface area contributed by atoms with Gasteiger partial charge in [-0.3, -0.25) is 0 Å². The largest absolute Gasteiger partial charge is 0.385 e. The van der Waals surface area contributed by atoms with Crippen molar-refractivity contribution in [3.8, 4) is 0 Å². The van der Waals surface area contributed by atoms with E-state index in [1.807, 2.05) is 0 Å². The Morgan fingerprint density at radius 1 is 1.44 bits per heavy atom. The van der Waals surface area contributed by atoms with E-state index in [0.29, 0.717) is 0 Å². The number of thiocarbonyl (C=S) groups is 1. The smallest absolute Gasteiger partial charge is 0.152 e. The fraction of sp³-hybridized carbons (Fsp3) is 0. The van der Waals surface area contributed by atoms with Crippen LogP contribution in [0.3, 0.4) is 0 Å². The van der Waals surface area contributed by atoms with Gasteiger partial charge in [0.2, 0.25) is 0 Å². The van der Waals surface area contributed by atoms with Crippen molar-refractivity contribution >= 4 is 41.5 Å². The molecule has 0 radical (unpaired) electrons. The summed E-state index contributed by atoms with van der Waals surface area (Å²) in [5, 5.41) is 0. The van der Waals surface area contributed by atoms with Gasteiger partial charge in [-0.25, -0.2) is 0 Å². The minimum absolute atomic E-state index is 0. The average molecular weight is 351 g/mol. The molecule has 8 heteroatoms. The van der Waals surface area contributed by atoms with E-state index in [1.54, 1.807) is 0 Å². The maximum atomic E-state index is 7.04. The van der Waals surface area contributed by atoms with E-state index in [4.69, 9.17) is 14.8 Å². The van der Waals surface area contributed by atoms with Gasteiger partial charge in [0.1, 0.15) is 4.32 Å². The predicted molar refractivity (Wildman–Crippen MR) is 38.6 cm³/mol. The summed E-state index contributed by atoms with van der Waals surface area (Å²) in [4.78, 5) is 0. The van der Waals surface area contributed by atoms with Crippen LogP contribution < -0.4 is 5.73 Å². The van der Waals surface area contributed by atoms with Crippen LogP contribution in [0.25, 0.3) is 0 Å². The second kappa shape index (κ2) is 22.5. The Morgan fingerprint density at radius 3 is 1.44 bits per heavy atom. The van der Waals surface area contributed by atoms with Crippen molar-refractivity contribution in [3.05, 3.63) is 0 Å². The van der Waals surface area contributed by atoms with E-state index in [1.165, 1.54) is 0 Å². The third-order valence-electron chi connectivity index (χ3n) is 0. The van der Waals surface area contributed by atoms with Crippen LogP contribution in [-0.4, -0.2) is 13.4 Å². The Kier molecular flexibility index (Phi) is 56.2. The van der Waals surface area contributed by atoms with Crippen molar-refractivity contribution in [2.45, 2.75) is 0 Å². The fourth-order valence-corrected chi connectivity index (χ4v) is 0. The number of thiol groups is 1. The van der Waals surface area contributed by atoms with E-state index in [0.717, 1.165) is 0 Å². The third kappa shape index (κ3) is 173. The van der Waals surface area contributed by atoms with Crippen LogP contribution in [0.5, 0.6) is 0 Å². The van der Waals surface area contributed by atoms with Crippen LogP contribution in [-0.2, 0) is 42.1 Å².